The summed E-state index contributed by atoms with van der Waals surface area (Å²) < 4.78 is 0. The van der Waals surface area contributed by atoms with Crippen molar-refractivity contribution in [3.8, 4) is 21.0 Å². The molecule has 3 aromatic rings. The van der Waals surface area contributed by atoms with Crippen molar-refractivity contribution in [1.29, 1.82) is 0 Å². The lowest BCUT2D eigenvalue weighted by Crippen LogP contribution is -1.94. The Bertz CT molecular complexity index is 733. The molecule has 0 bridgehead atoms. The first kappa shape index (κ1) is 12.6. The molecular weight excluding hydrogens is 270 g/mol. The second-order valence-corrected chi connectivity index (χ2v) is 5.31. The number of nitrogens with zero attached hydrogens (tertiary/aromatic N) is 1. The molecule has 1 heterocycles. The largest absolute Gasteiger partial charge is 0.478 e. The van der Waals surface area contributed by atoms with Crippen LogP contribution < -0.4 is 0 Å². The summed E-state index contributed by atoms with van der Waals surface area (Å²) in [5.41, 5.74) is 2.36. The van der Waals surface area contributed by atoms with E-state index in [1.54, 1.807) is 23.5 Å². The van der Waals surface area contributed by atoms with Gasteiger partial charge in [0.2, 0.25) is 0 Å². The summed E-state index contributed by atoms with van der Waals surface area (Å²) in [6, 6.07) is 16.8. The normalized spacial score (nSPS) is 10.4. The lowest BCUT2D eigenvalue weighted by Gasteiger charge is -1.98. The van der Waals surface area contributed by atoms with E-state index in [9.17, 15) is 4.79 Å². The molecule has 0 radical (unpaired) electrons. The predicted molar refractivity (Wildman–Crippen MR) is 79.9 cm³/mol. The van der Waals surface area contributed by atoms with Gasteiger partial charge in [0.25, 0.3) is 0 Å². The first-order valence-electron chi connectivity index (χ1n) is 6.09. The van der Waals surface area contributed by atoms with Crippen LogP contribution in [0.25, 0.3) is 21.0 Å². The van der Waals surface area contributed by atoms with Crippen molar-refractivity contribution in [2.45, 2.75) is 0 Å². The van der Waals surface area contributed by atoms with Crippen LogP contribution in [-0.2, 0) is 0 Å². The second-order valence-electron chi connectivity index (χ2n) is 4.28. The molecule has 0 atom stereocenters. The highest BCUT2D eigenvalue weighted by Gasteiger charge is 2.07. The van der Waals surface area contributed by atoms with E-state index in [0.717, 1.165) is 21.0 Å². The van der Waals surface area contributed by atoms with Gasteiger partial charge in [0.05, 0.1) is 10.4 Å². The molecule has 1 N–H and O–H groups in total. The molecule has 98 valence electrons. The zero-order chi connectivity index (χ0) is 13.9. The van der Waals surface area contributed by atoms with Crippen LogP contribution in [0.15, 0.2) is 60.8 Å². The number of carboxylic acids is 1. The van der Waals surface area contributed by atoms with Gasteiger partial charge in [0.15, 0.2) is 0 Å². The van der Waals surface area contributed by atoms with E-state index in [4.69, 9.17) is 5.11 Å². The van der Waals surface area contributed by atoms with Gasteiger partial charge in [-0.15, -0.1) is 11.3 Å². The average Bonchev–Trinajstić information content (AvgIpc) is 2.98. The predicted octanol–water partition coefficient (Wildman–Crippen LogP) is 4.18. The number of carbonyl (C=O) groups is 1. The van der Waals surface area contributed by atoms with Crippen molar-refractivity contribution in [2.24, 2.45) is 0 Å². The number of benzene rings is 2. The summed E-state index contributed by atoms with van der Waals surface area (Å²) in [6.07, 6.45) is 1.82. The van der Waals surface area contributed by atoms with E-state index < -0.39 is 5.97 Å². The minimum absolute atomic E-state index is 0.293. The highest BCUT2D eigenvalue weighted by Crippen LogP contribution is 2.31. The number of rotatable bonds is 3. The molecule has 0 aliphatic carbocycles. The second kappa shape index (κ2) is 5.27. The Hall–Kier alpha value is -2.46. The lowest BCUT2D eigenvalue weighted by molar-refractivity contribution is 0.0697. The van der Waals surface area contributed by atoms with Gasteiger partial charge in [-0.1, -0.05) is 42.5 Å². The van der Waals surface area contributed by atoms with E-state index >= 15 is 0 Å². The Morgan fingerprint density at radius 2 is 1.65 bits per heavy atom. The minimum Gasteiger partial charge on any atom is -0.478 e. The molecule has 0 fully saturated rings. The first-order chi connectivity index (χ1) is 9.74. The molecule has 0 aliphatic heterocycles. The molecule has 0 unspecified atom stereocenters. The number of hydrogen-bond donors (Lipinski definition) is 1. The third-order valence-electron chi connectivity index (χ3n) is 2.94. The van der Waals surface area contributed by atoms with Gasteiger partial charge in [-0.3, -0.25) is 0 Å². The van der Waals surface area contributed by atoms with Crippen LogP contribution in [0.4, 0.5) is 0 Å². The first-order valence-corrected chi connectivity index (χ1v) is 6.91. The summed E-state index contributed by atoms with van der Waals surface area (Å²) in [5.74, 6) is -0.911. The van der Waals surface area contributed by atoms with E-state index in [1.165, 1.54) is 0 Å². The van der Waals surface area contributed by atoms with Crippen molar-refractivity contribution in [1.82, 2.24) is 4.98 Å². The molecule has 1 aromatic heterocycles. The van der Waals surface area contributed by atoms with Gasteiger partial charge in [-0.25, -0.2) is 9.78 Å². The molecule has 0 saturated heterocycles. The summed E-state index contributed by atoms with van der Waals surface area (Å²) in [5, 5.41) is 9.85. The number of hydrogen-bond acceptors (Lipinski definition) is 3. The number of carboxylic acid groups (broad SMARTS) is 1. The van der Waals surface area contributed by atoms with Crippen LogP contribution in [0.5, 0.6) is 0 Å². The van der Waals surface area contributed by atoms with Crippen LogP contribution in [0.2, 0.25) is 0 Å². The smallest absolute Gasteiger partial charge is 0.335 e. The van der Waals surface area contributed by atoms with E-state index in [0.29, 0.717) is 5.56 Å². The van der Waals surface area contributed by atoms with Gasteiger partial charge in [0, 0.05) is 11.8 Å². The fourth-order valence-electron chi connectivity index (χ4n) is 1.90. The summed E-state index contributed by atoms with van der Waals surface area (Å²) >= 11 is 1.59. The zero-order valence-corrected chi connectivity index (χ0v) is 11.3. The third-order valence-corrected chi connectivity index (χ3v) is 4.04. The molecule has 0 spiro atoms. The molecule has 0 aliphatic rings. The quantitative estimate of drug-likeness (QED) is 0.783. The van der Waals surface area contributed by atoms with Crippen LogP contribution in [0, 0.1) is 0 Å². The minimum atomic E-state index is -0.911. The monoisotopic (exact) mass is 281 g/mol. The van der Waals surface area contributed by atoms with Crippen LogP contribution in [-0.4, -0.2) is 16.1 Å². The zero-order valence-electron chi connectivity index (χ0n) is 10.5. The Labute approximate surface area is 120 Å². The standard InChI is InChI=1S/C16H11NO2S/c18-16(19)13-8-6-11(7-9-13)14-10-17-15(20-14)12-4-2-1-3-5-12/h1-10H,(H,18,19). The van der Waals surface area contributed by atoms with E-state index in [1.807, 2.05) is 48.7 Å². The van der Waals surface area contributed by atoms with Crippen LogP contribution in [0.1, 0.15) is 10.4 Å². The Balaban J connectivity index is 1.92. The molecule has 2 aromatic carbocycles. The summed E-state index contributed by atoms with van der Waals surface area (Å²) in [6.45, 7) is 0. The van der Waals surface area contributed by atoms with Gasteiger partial charge in [0.1, 0.15) is 5.01 Å². The Morgan fingerprint density at radius 1 is 0.950 bits per heavy atom. The number of thiazole rings is 1. The maximum Gasteiger partial charge on any atom is 0.335 e. The average molecular weight is 281 g/mol. The van der Waals surface area contributed by atoms with Crippen LogP contribution in [0.3, 0.4) is 0 Å². The van der Waals surface area contributed by atoms with Crippen molar-refractivity contribution in [3.05, 3.63) is 66.4 Å². The molecular formula is C16H11NO2S. The fourth-order valence-corrected chi connectivity index (χ4v) is 2.83. The van der Waals surface area contributed by atoms with Crippen molar-refractivity contribution in [2.75, 3.05) is 0 Å². The number of aromatic carboxylic acids is 1. The molecule has 4 heteroatoms. The van der Waals surface area contributed by atoms with E-state index in [2.05, 4.69) is 4.98 Å². The van der Waals surface area contributed by atoms with Crippen LogP contribution >= 0.6 is 11.3 Å². The molecule has 0 amide bonds. The lowest BCUT2D eigenvalue weighted by atomic mass is 10.1. The molecule has 3 rings (SSSR count). The maximum absolute atomic E-state index is 10.8. The summed E-state index contributed by atoms with van der Waals surface area (Å²) in [4.78, 5) is 16.3. The van der Waals surface area contributed by atoms with Gasteiger partial charge in [-0.05, 0) is 17.7 Å². The molecule has 0 saturated carbocycles. The number of aromatic nitrogens is 1. The van der Waals surface area contributed by atoms with Crippen molar-refractivity contribution < 1.29 is 9.90 Å². The fraction of sp³-hybridized carbons (Fsp3) is 0. The van der Waals surface area contributed by atoms with Gasteiger partial charge >= 0.3 is 5.97 Å². The van der Waals surface area contributed by atoms with E-state index in [-0.39, 0.29) is 0 Å². The highest BCUT2D eigenvalue weighted by atomic mass is 32.1. The molecule has 3 nitrogen and oxygen atoms in total. The third kappa shape index (κ3) is 2.46. The highest BCUT2D eigenvalue weighted by molar-refractivity contribution is 7.18. The topological polar surface area (TPSA) is 50.2 Å². The van der Waals surface area contributed by atoms with Crippen molar-refractivity contribution >= 4 is 17.3 Å². The van der Waals surface area contributed by atoms with Crippen molar-refractivity contribution in [3.63, 3.8) is 0 Å². The SMILES string of the molecule is O=C(O)c1ccc(-c2cnc(-c3ccccc3)s2)cc1. The van der Waals surface area contributed by atoms with Gasteiger partial charge in [-0.2, -0.15) is 0 Å². The summed E-state index contributed by atoms with van der Waals surface area (Å²) in [7, 11) is 0. The Morgan fingerprint density at radius 3 is 2.30 bits per heavy atom. The molecule has 20 heavy (non-hydrogen) atoms. The Kier molecular flexibility index (Phi) is 3.31. The van der Waals surface area contributed by atoms with Gasteiger partial charge < -0.3 is 5.11 Å². The maximum atomic E-state index is 10.8.